The summed E-state index contributed by atoms with van der Waals surface area (Å²) in [7, 11) is 1.89. The van der Waals surface area contributed by atoms with Crippen LogP contribution in [0.2, 0.25) is 0 Å². The lowest BCUT2D eigenvalue weighted by molar-refractivity contribution is -0.0118. The van der Waals surface area contributed by atoms with Crippen molar-refractivity contribution in [3.8, 4) is 11.1 Å². The predicted molar refractivity (Wildman–Crippen MR) is 117 cm³/mol. The summed E-state index contributed by atoms with van der Waals surface area (Å²) in [6.45, 7) is 14.9. The molecule has 0 aliphatic rings. The molecule has 5 nitrogen and oxygen atoms in total. The van der Waals surface area contributed by atoms with E-state index in [1.165, 1.54) is 0 Å². The van der Waals surface area contributed by atoms with Gasteiger partial charge in [-0.2, -0.15) is 0 Å². The Morgan fingerprint density at radius 3 is 2.21 bits per heavy atom. The third kappa shape index (κ3) is 6.71. The number of carbonyl (C=O) groups is 1. The lowest BCUT2D eigenvalue weighted by atomic mass is 10.1. The molecule has 5 heteroatoms. The van der Waals surface area contributed by atoms with E-state index in [0.29, 0.717) is 12.3 Å². The maximum Gasteiger partial charge on any atom is 0.268 e. The summed E-state index contributed by atoms with van der Waals surface area (Å²) < 4.78 is 7.62. The average Bonchev–Trinajstić information content (AvgIpc) is 2.93. The molecule has 0 spiro atoms. The number of carbonyl (C=O) groups excluding carboxylic acids is 1. The van der Waals surface area contributed by atoms with E-state index in [1.54, 1.807) is 0 Å². The summed E-state index contributed by atoms with van der Waals surface area (Å²) in [5.74, 6) is -0.0928. The summed E-state index contributed by atoms with van der Waals surface area (Å²) in [5.41, 5.74) is 3.62. The van der Waals surface area contributed by atoms with Crippen molar-refractivity contribution in [3.63, 3.8) is 0 Å². The van der Waals surface area contributed by atoms with Crippen molar-refractivity contribution < 1.29 is 9.53 Å². The highest BCUT2D eigenvalue weighted by atomic mass is 16.5. The van der Waals surface area contributed by atoms with Crippen LogP contribution in [0.1, 0.15) is 59.0 Å². The Kier molecular flexibility index (Phi) is 6.60. The fraction of sp³-hybridized carbons (Fsp3) is 0.522. The van der Waals surface area contributed by atoms with Crippen molar-refractivity contribution in [1.82, 2.24) is 9.88 Å². The lowest BCUT2D eigenvalue weighted by Crippen LogP contribution is -2.38. The van der Waals surface area contributed by atoms with Crippen molar-refractivity contribution >= 4 is 11.6 Å². The van der Waals surface area contributed by atoms with E-state index in [-0.39, 0.29) is 23.1 Å². The summed E-state index contributed by atoms with van der Waals surface area (Å²) in [4.78, 5) is 12.7. The van der Waals surface area contributed by atoms with Crippen LogP contribution < -0.4 is 10.6 Å². The van der Waals surface area contributed by atoms with Gasteiger partial charge in [0.1, 0.15) is 5.69 Å². The molecule has 1 amide bonds. The number of nitrogens with zero attached hydrogens (tertiary/aromatic N) is 1. The maximum absolute atomic E-state index is 12.7. The number of hydrogen-bond donors (Lipinski definition) is 2. The van der Waals surface area contributed by atoms with Gasteiger partial charge in [0.2, 0.25) is 0 Å². The Hall–Kier alpha value is -2.27. The molecule has 0 bridgehead atoms. The summed E-state index contributed by atoms with van der Waals surface area (Å²) in [5, 5.41) is 6.47. The SMILES string of the molecule is CC(COC(C)(C)C)NC(=O)c1cc(-c2ccc(NC(C)(C)C)cc2)cn1C. The standard InChI is InChI=1S/C23H35N3O2/c1-16(15-28-23(5,6)7)24-21(27)20-13-18(14-26(20)8)17-9-11-19(12-10-17)25-22(2,3)4/h9-14,16,25H,15H2,1-8H3,(H,24,27). The first kappa shape index (κ1) is 22.0. The zero-order chi connectivity index (χ0) is 21.1. The Balaban J connectivity index is 2.07. The first-order chi connectivity index (χ1) is 12.8. The number of benzene rings is 1. The van der Waals surface area contributed by atoms with Crippen molar-refractivity contribution in [2.75, 3.05) is 11.9 Å². The summed E-state index contributed by atoms with van der Waals surface area (Å²) in [6.07, 6.45) is 1.98. The highest BCUT2D eigenvalue weighted by Crippen LogP contribution is 2.25. The van der Waals surface area contributed by atoms with Crippen molar-refractivity contribution in [2.24, 2.45) is 7.05 Å². The normalized spacial score (nSPS) is 13.3. The largest absolute Gasteiger partial charge is 0.380 e. The highest BCUT2D eigenvalue weighted by molar-refractivity contribution is 5.94. The smallest absolute Gasteiger partial charge is 0.268 e. The fourth-order valence-electron chi connectivity index (χ4n) is 2.84. The van der Waals surface area contributed by atoms with Crippen molar-refractivity contribution in [3.05, 3.63) is 42.2 Å². The van der Waals surface area contributed by atoms with Gasteiger partial charge in [-0.1, -0.05) is 12.1 Å². The molecule has 28 heavy (non-hydrogen) atoms. The zero-order valence-corrected chi connectivity index (χ0v) is 18.5. The first-order valence-electron chi connectivity index (χ1n) is 9.84. The van der Waals surface area contributed by atoms with Crippen molar-refractivity contribution in [2.45, 2.75) is 65.6 Å². The zero-order valence-electron chi connectivity index (χ0n) is 18.5. The second kappa shape index (κ2) is 8.39. The minimum atomic E-state index is -0.217. The molecule has 1 heterocycles. The second-order valence-electron chi connectivity index (χ2n) is 9.48. The minimum Gasteiger partial charge on any atom is -0.380 e. The van der Waals surface area contributed by atoms with Gasteiger partial charge in [-0.3, -0.25) is 4.79 Å². The number of amides is 1. The number of rotatable bonds is 6. The monoisotopic (exact) mass is 385 g/mol. The molecule has 1 atom stereocenters. The fourth-order valence-corrected chi connectivity index (χ4v) is 2.84. The van der Waals surface area contributed by atoms with Gasteiger partial charge in [-0.25, -0.2) is 0 Å². The highest BCUT2D eigenvalue weighted by Gasteiger charge is 2.17. The molecule has 2 rings (SSSR count). The molecule has 0 aliphatic heterocycles. The van der Waals surface area contributed by atoms with Crippen LogP contribution in [0.15, 0.2) is 36.5 Å². The van der Waals surface area contributed by atoms with E-state index in [2.05, 4.69) is 55.7 Å². The molecule has 2 aromatic rings. The molecule has 154 valence electrons. The number of aryl methyl sites for hydroxylation is 1. The van der Waals surface area contributed by atoms with Gasteiger partial charge in [-0.15, -0.1) is 0 Å². The van der Waals surface area contributed by atoms with E-state index >= 15 is 0 Å². The van der Waals surface area contributed by atoms with Crippen LogP contribution in [0.5, 0.6) is 0 Å². The van der Waals surface area contributed by atoms with E-state index in [1.807, 2.05) is 51.6 Å². The van der Waals surface area contributed by atoms with Gasteiger partial charge in [0.25, 0.3) is 5.91 Å². The molecule has 1 aromatic heterocycles. The molecule has 0 saturated carbocycles. The topological polar surface area (TPSA) is 55.3 Å². The van der Waals surface area contributed by atoms with E-state index in [4.69, 9.17) is 4.74 Å². The van der Waals surface area contributed by atoms with Gasteiger partial charge < -0.3 is 19.9 Å². The first-order valence-corrected chi connectivity index (χ1v) is 9.84. The molecule has 1 unspecified atom stereocenters. The van der Waals surface area contributed by atoms with Crippen LogP contribution in [0.25, 0.3) is 11.1 Å². The quantitative estimate of drug-likeness (QED) is 0.748. The van der Waals surface area contributed by atoms with Gasteiger partial charge in [0, 0.05) is 36.1 Å². The molecule has 0 fully saturated rings. The minimum absolute atomic E-state index is 0.0208. The molecule has 0 aliphatic carbocycles. The van der Waals surface area contributed by atoms with Crippen LogP contribution in [0, 0.1) is 0 Å². The molecular formula is C23H35N3O2. The van der Waals surface area contributed by atoms with Gasteiger partial charge in [-0.05, 0) is 72.2 Å². The van der Waals surface area contributed by atoms with Crippen LogP contribution >= 0.6 is 0 Å². The van der Waals surface area contributed by atoms with E-state index in [0.717, 1.165) is 16.8 Å². The Labute approximate surface area is 169 Å². The third-order valence-corrected chi connectivity index (χ3v) is 4.12. The average molecular weight is 386 g/mol. The van der Waals surface area contributed by atoms with Crippen LogP contribution in [-0.4, -0.2) is 34.3 Å². The second-order valence-corrected chi connectivity index (χ2v) is 9.48. The Bertz CT molecular complexity index is 793. The summed E-state index contributed by atoms with van der Waals surface area (Å²) >= 11 is 0. The van der Waals surface area contributed by atoms with Crippen molar-refractivity contribution in [1.29, 1.82) is 0 Å². The van der Waals surface area contributed by atoms with Gasteiger partial charge >= 0.3 is 0 Å². The summed E-state index contributed by atoms with van der Waals surface area (Å²) in [6, 6.07) is 10.2. The van der Waals surface area contributed by atoms with Crippen LogP contribution in [0.4, 0.5) is 5.69 Å². The van der Waals surface area contributed by atoms with Gasteiger partial charge in [0.15, 0.2) is 0 Å². The molecular weight excluding hydrogens is 350 g/mol. The Morgan fingerprint density at radius 1 is 1.07 bits per heavy atom. The number of nitrogens with one attached hydrogen (secondary N) is 2. The Morgan fingerprint density at radius 2 is 1.68 bits per heavy atom. The molecule has 1 aromatic carbocycles. The maximum atomic E-state index is 12.7. The molecule has 0 radical (unpaired) electrons. The lowest BCUT2D eigenvalue weighted by Gasteiger charge is -2.23. The molecule has 2 N–H and O–H groups in total. The van der Waals surface area contributed by atoms with E-state index in [9.17, 15) is 4.79 Å². The number of ether oxygens (including phenoxy) is 1. The predicted octanol–water partition coefficient (Wildman–Crippen LogP) is 4.84. The van der Waals surface area contributed by atoms with Gasteiger partial charge in [0.05, 0.1) is 12.2 Å². The third-order valence-electron chi connectivity index (χ3n) is 4.12. The number of aromatic nitrogens is 1. The number of hydrogen-bond acceptors (Lipinski definition) is 3. The number of anilines is 1. The van der Waals surface area contributed by atoms with Crippen LogP contribution in [-0.2, 0) is 11.8 Å². The molecule has 0 saturated heterocycles. The van der Waals surface area contributed by atoms with Crippen LogP contribution in [0.3, 0.4) is 0 Å². The van der Waals surface area contributed by atoms with E-state index < -0.39 is 0 Å².